The van der Waals surface area contributed by atoms with Crippen LogP contribution in [0.3, 0.4) is 0 Å². The van der Waals surface area contributed by atoms with Gasteiger partial charge in [0.25, 0.3) is 5.91 Å². The van der Waals surface area contributed by atoms with Crippen LogP contribution < -0.4 is 16.0 Å². The van der Waals surface area contributed by atoms with Crippen LogP contribution >= 0.6 is 35.6 Å². The van der Waals surface area contributed by atoms with E-state index in [1.54, 1.807) is 31.3 Å². The predicted molar refractivity (Wildman–Crippen MR) is 108 cm³/mol. The molecule has 1 unspecified atom stereocenters. The number of carbonyl (C=O) groups is 1. The third-order valence-electron chi connectivity index (χ3n) is 3.55. The second-order valence-electron chi connectivity index (χ2n) is 5.28. The van der Waals surface area contributed by atoms with Crippen molar-refractivity contribution in [2.75, 3.05) is 33.3 Å². The normalized spacial score (nSPS) is 17.1. The van der Waals surface area contributed by atoms with Crippen LogP contribution in [-0.2, 0) is 4.74 Å². The zero-order valence-electron chi connectivity index (χ0n) is 13.7. The number of guanidine groups is 1. The van der Waals surface area contributed by atoms with E-state index in [1.807, 2.05) is 0 Å². The molecule has 1 saturated heterocycles. The largest absolute Gasteiger partial charge is 0.376 e. The summed E-state index contributed by atoms with van der Waals surface area (Å²) in [5, 5.41) is 9.84. The topological polar surface area (TPSA) is 74.8 Å². The fourth-order valence-electron chi connectivity index (χ4n) is 2.30. The van der Waals surface area contributed by atoms with Gasteiger partial charge in [-0.15, -0.1) is 24.0 Å². The molecule has 24 heavy (non-hydrogen) atoms. The van der Waals surface area contributed by atoms with Gasteiger partial charge in [-0.2, -0.15) is 0 Å². The number of hydrogen-bond acceptors (Lipinski definition) is 3. The van der Waals surface area contributed by atoms with Crippen LogP contribution in [0.5, 0.6) is 0 Å². The summed E-state index contributed by atoms with van der Waals surface area (Å²) in [4.78, 5) is 16.1. The maximum atomic E-state index is 11.9. The van der Waals surface area contributed by atoms with E-state index in [9.17, 15) is 4.79 Å². The van der Waals surface area contributed by atoms with Gasteiger partial charge in [-0.1, -0.05) is 11.6 Å². The zero-order valence-corrected chi connectivity index (χ0v) is 16.8. The van der Waals surface area contributed by atoms with E-state index < -0.39 is 0 Å². The quantitative estimate of drug-likeness (QED) is 0.260. The second kappa shape index (κ2) is 11.5. The number of amides is 1. The first-order valence-electron chi connectivity index (χ1n) is 7.79. The minimum atomic E-state index is -0.120. The molecule has 0 bridgehead atoms. The van der Waals surface area contributed by atoms with Crippen molar-refractivity contribution in [3.05, 3.63) is 34.9 Å². The Morgan fingerprint density at radius 1 is 1.25 bits per heavy atom. The summed E-state index contributed by atoms with van der Waals surface area (Å²) in [5.41, 5.74) is 0.593. The number of ether oxygens (including phenoxy) is 1. The van der Waals surface area contributed by atoms with Crippen LogP contribution in [0.1, 0.15) is 23.2 Å². The molecule has 6 nitrogen and oxygen atoms in total. The second-order valence-corrected chi connectivity index (χ2v) is 5.71. The number of benzene rings is 1. The molecule has 0 aromatic heterocycles. The standard InChI is InChI=1S/C16H23ClN4O2.HI/c1-18-16(21-11-14-3-2-10-23-14)20-9-8-19-15(22)12-4-6-13(17)7-5-12;/h4-7,14H,2-3,8-11H2,1H3,(H,19,22)(H2,18,20,21);1H. The van der Waals surface area contributed by atoms with Crippen molar-refractivity contribution in [1.82, 2.24) is 16.0 Å². The van der Waals surface area contributed by atoms with E-state index in [2.05, 4.69) is 20.9 Å². The minimum Gasteiger partial charge on any atom is -0.376 e. The van der Waals surface area contributed by atoms with E-state index in [4.69, 9.17) is 16.3 Å². The molecule has 2 rings (SSSR count). The Balaban J connectivity index is 0.00000288. The van der Waals surface area contributed by atoms with E-state index in [1.165, 1.54) is 0 Å². The molecule has 8 heteroatoms. The van der Waals surface area contributed by atoms with E-state index in [-0.39, 0.29) is 36.0 Å². The van der Waals surface area contributed by atoms with Gasteiger partial charge in [0.15, 0.2) is 5.96 Å². The van der Waals surface area contributed by atoms with Gasteiger partial charge in [0.2, 0.25) is 0 Å². The molecule has 3 N–H and O–H groups in total. The van der Waals surface area contributed by atoms with Crippen LogP contribution in [0, 0.1) is 0 Å². The molecule has 1 aliphatic heterocycles. The Morgan fingerprint density at radius 2 is 1.96 bits per heavy atom. The van der Waals surface area contributed by atoms with Crippen LogP contribution in [0.25, 0.3) is 0 Å². The molecule has 1 fully saturated rings. The van der Waals surface area contributed by atoms with Gasteiger partial charge in [0, 0.05) is 43.9 Å². The fourth-order valence-corrected chi connectivity index (χ4v) is 2.42. The Hall–Kier alpha value is -1.06. The van der Waals surface area contributed by atoms with Crippen LogP contribution in [0.15, 0.2) is 29.3 Å². The van der Waals surface area contributed by atoms with Gasteiger partial charge in [0.05, 0.1) is 6.10 Å². The molecule has 1 amide bonds. The summed E-state index contributed by atoms with van der Waals surface area (Å²) in [6.45, 7) is 2.68. The maximum absolute atomic E-state index is 11.9. The van der Waals surface area contributed by atoms with E-state index >= 15 is 0 Å². The van der Waals surface area contributed by atoms with Crippen molar-refractivity contribution >= 4 is 47.4 Å². The van der Waals surface area contributed by atoms with Crippen LogP contribution in [-0.4, -0.2) is 51.3 Å². The predicted octanol–water partition coefficient (Wildman–Crippen LogP) is 2.03. The zero-order chi connectivity index (χ0) is 16.5. The molecule has 1 aromatic carbocycles. The first-order chi connectivity index (χ1) is 11.2. The van der Waals surface area contributed by atoms with Crippen molar-refractivity contribution in [3.63, 3.8) is 0 Å². The highest BCUT2D eigenvalue weighted by Crippen LogP contribution is 2.10. The highest BCUT2D eigenvalue weighted by atomic mass is 127. The number of nitrogens with zero attached hydrogens (tertiary/aromatic N) is 1. The molecule has 0 aliphatic carbocycles. The third-order valence-corrected chi connectivity index (χ3v) is 3.81. The molecular weight excluding hydrogens is 443 g/mol. The van der Waals surface area contributed by atoms with Gasteiger partial charge in [-0.25, -0.2) is 0 Å². The molecule has 0 spiro atoms. The number of aliphatic imine (C=N–C) groups is 1. The van der Waals surface area contributed by atoms with Crippen LogP contribution in [0.2, 0.25) is 5.02 Å². The first-order valence-corrected chi connectivity index (χ1v) is 8.16. The highest BCUT2D eigenvalue weighted by molar-refractivity contribution is 14.0. The van der Waals surface area contributed by atoms with Crippen molar-refractivity contribution in [3.8, 4) is 0 Å². The highest BCUT2D eigenvalue weighted by Gasteiger charge is 2.15. The Labute approximate surface area is 164 Å². The molecule has 1 aliphatic rings. The lowest BCUT2D eigenvalue weighted by Crippen LogP contribution is -2.43. The summed E-state index contributed by atoms with van der Waals surface area (Å²) in [6.07, 6.45) is 2.47. The number of hydrogen-bond donors (Lipinski definition) is 3. The van der Waals surface area contributed by atoms with Crippen molar-refractivity contribution in [2.24, 2.45) is 4.99 Å². The lowest BCUT2D eigenvalue weighted by molar-refractivity contribution is 0.0954. The number of carbonyl (C=O) groups excluding carboxylic acids is 1. The number of rotatable bonds is 6. The lowest BCUT2D eigenvalue weighted by atomic mass is 10.2. The van der Waals surface area contributed by atoms with Gasteiger partial charge in [-0.05, 0) is 37.1 Å². The van der Waals surface area contributed by atoms with Crippen molar-refractivity contribution in [2.45, 2.75) is 18.9 Å². The molecule has 1 aromatic rings. The molecule has 1 atom stereocenters. The monoisotopic (exact) mass is 466 g/mol. The molecule has 0 saturated carbocycles. The van der Waals surface area contributed by atoms with E-state index in [0.29, 0.717) is 29.6 Å². The summed E-state index contributed by atoms with van der Waals surface area (Å²) in [7, 11) is 1.72. The maximum Gasteiger partial charge on any atom is 0.251 e. The molecule has 134 valence electrons. The van der Waals surface area contributed by atoms with Gasteiger partial charge in [-0.3, -0.25) is 9.79 Å². The summed E-state index contributed by atoms with van der Waals surface area (Å²) in [6, 6.07) is 6.80. The average Bonchev–Trinajstić information content (AvgIpc) is 3.08. The van der Waals surface area contributed by atoms with Gasteiger partial charge < -0.3 is 20.7 Å². The summed E-state index contributed by atoms with van der Waals surface area (Å²) >= 11 is 5.80. The van der Waals surface area contributed by atoms with Gasteiger partial charge in [0.1, 0.15) is 0 Å². The Bertz CT molecular complexity index is 533. The molecule has 1 heterocycles. The van der Waals surface area contributed by atoms with Crippen molar-refractivity contribution in [1.29, 1.82) is 0 Å². The van der Waals surface area contributed by atoms with E-state index in [0.717, 1.165) is 26.0 Å². The SMILES string of the molecule is CN=C(NCCNC(=O)c1ccc(Cl)cc1)NCC1CCCO1.I. The number of halogens is 2. The number of nitrogens with one attached hydrogen (secondary N) is 3. The average molecular weight is 467 g/mol. The summed E-state index contributed by atoms with van der Waals surface area (Å²) in [5.74, 6) is 0.590. The minimum absolute atomic E-state index is 0. The summed E-state index contributed by atoms with van der Waals surface area (Å²) < 4.78 is 5.55. The molecular formula is C16H24ClIN4O2. The molecule has 0 radical (unpaired) electrons. The third kappa shape index (κ3) is 7.23. The van der Waals surface area contributed by atoms with Crippen LogP contribution in [0.4, 0.5) is 0 Å². The van der Waals surface area contributed by atoms with Gasteiger partial charge >= 0.3 is 0 Å². The lowest BCUT2D eigenvalue weighted by Gasteiger charge is -2.15. The Morgan fingerprint density at radius 3 is 2.58 bits per heavy atom. The Kier molecular flexibility index (Phi) is 10.0. The first kappa shape index (κ1) is 21.0. The smallest absolute Gasteiger partial charge is 0.251 e. The fraction of sp³-hybridized carbons (Fsp3) is 0.500. The van der Waals surface area contributed by atoms with Crippen molar-refractivity contribution < 1.29 is 9.53 Å².